The molecule has 2 heterocycles. The highest BCUT2D eigenvalue weighted by molar-refractivity contribution is 7.99. The standard InChI is InChI=1S/C28H33N3O6S/c1-18-23(17-38-28-29-13-14-31(28)2)36-27(37-26(18)21-7-5-20(16-32)6-8-21)22-9-3-19(4-10-22)15-30-24(33)11-12-25(34)35/h3-10,13-14,18,23,26-27,32H,11-12,15-17H2,1-2H3,(H,30,33)(H,34,35)/t18-,23+,26+,27+/m1/s1. The van der Waals surface area contributed by atoms with Crippen molar-refractivity contribution in [1.29, 1.82) is 0 Å². The summed E-state index contributed by atoms with van der Waals surface area (Å²) in [5.74, 6) is -0.519. The first-order valence-corrected chi connectivity index (χ1v) is 13.5. The molecule has 1 amide bonds. The maximum Gasteiger partial charge on any atom is 0.303 e. The number of carboxylic acids is 1. The van der Waals surface area contributed by atoms with Gasteiger partial charge in [0.2, 0.25) is 5.91 Å². The van der Waals surface area contributed by atoms with Crippen molar-refractivity contribution in [3.63, 3.8) is 0 Å². The van der Waals surface area contributed by atoms with Crippen LogP contribution >= 0.6 is 11.8 Å². The third-order valence-electron chi connectivity index (χ3n) is 6.58. The molecule has 0 radical (unpaired) electrons. The number of imidazole rings is 1. The van der Waals surface area contributed by atoms with Crippen molar-refractivity contribution in [2.45, 2.75) is 56.6 Å². The monoisotopic (exact) mass is 539 g/mol. The molecule has 10 heteroatoms. The van der Waals surface area contributed by atoms with Gasteiger partial charge in [-0.3, -0.25) is 9.59 Å². The number of amides is 1. The number of carboxylic acid groups (broad SMARTS) is 1. The van der Waals surface area contributed by atoms with Gasteiger partial charge in [0.15, 0.2) is 11.4 Å². The average molecular weight is 540 g/mol. The molecule has 0 bridgehead atoms. The SMILES string of the molecule is C[C@@H]1[C@H](CSc2nccn2C)O[C@H](c2ccc(CNC(=O)CCC(=O)O)cc2)O[C@@H]1c1ccc(CO)cc1. The van der Waals surface area contributed by atoms with Crippen molar-refractivity contribution in [3.8, 4) is 0 Å². The molecule has 1 aliphatic rings. The van der Waals surface area contributed by atoms with Gasteiger partial charge in [0.05, 0.1) is 25.2 Å². The average Bonchev–Trinajstić information content (AvgIpc) is 3.35. The number of carbonyl (C=O) groups excluding carboxylic acids is 1. The number of hydrogen-bond donors (Lipinski definition) is 3. The number of nitrogens with one attached hydrogen (secondary N) is 1. The van der Waals surface area contributed by atoms with Crippen LogP contribution in [-0.2, 0) is 39.3 Å². The lowest BCUT2D eigenvalue weighted by Gasteiger charge is -2.41. The number of hydrogen-bond acceptors (Lipinski definition) is 7. The van der Waals surface area contributed by atoms with Crippen LogP contribution in [0.1, 0.15) is 54.4 Å². The van der Waals surface area contributed by atoms with Crippen molar-refractivity contribution in [3.05, 3.63) is 83.2 Å². The number of aliphatic carboxylic acids is 1. The van der Waals surface area contributed by atoms with E-state index in [4.69, 9.17) is 14.6 Å². The molecule has 3 N–H and O–H groups in total. The number of benzene rings is 2. The first kappa shape index (κ1) is 27.8. The van der Waals surface area contributed by atoms with E-state index in [0.717, 1.165) is 27.4 Å². The van der Waals surface area contributed by atoms with Gasteiger partial charge in [-0.2, -0.15) is 0 Å². The maximum absolute atomic E-state index is 11.8. The van der Waals surface area contributed by atoms with Gasteiger partial charge in [-0.15, -0.1) is 0 Å². The van der Waals surface area contributed by atoms with Crippen molar-refractivity contribution >= 4 is 23.6 Å². The Labute approximate surface area is 226 Å². The molecule has 0 aliphatic carbocycles. The number of aryl methyl sites for hydroxylation is 1. The van der Waals surface area contributed by atoms with Crippen molar-refractivity contribution in [2.24, 2.45) is 13.0 Å². The Morgan fingerprint density at radius 1 is 1.03 bits per heavy atom. The molecule has 2 aromatic carbocycles. The van der Waals surface area contributed by atoms with Crippen LogP contribution in [0.25, 0.3) is 0 Å². The van der Waals surface area contributed by atoms with Gasteiger partial charge in [0.25, 0.3) is 0 Å². The van der Waals surface area contributed by atoms with Crippen molar-refractivity contribution < 1.29 is 29.3 Å². The van der Waals surface area contributed by atoms with E-state index >= 15 is 0 Å². The predicted molar refractivity (Wildman–Crippen MR) is 142 cm³/mol. The summed E-state index contributed by atoms with van der Waals surface area (Å²) < 4.78 is 14.9. The summed E-state index contributed by atoms with van der Waals surface area (Å²) in [6.45, 7) is 2.42. The molecule has 0 spiro atoms. The Bertz CT molecular complexity index is 1210. The molecular weight excluding hydrogens is 506 g/mol. The van der Waals surface area contributed by atoms with Crippen LogP contribution in [0, 0.1) is 5.92 Å². The largest absolute Gasteiger partial charge is 0.481 e. The summed E-state index contributed by atoms with van der Waals surface area (Å²) in [6, 6.07) is 15.5. The second kappa shape index (κ2) is 13.1. The highest BCUT2D eigenvalue weighted by Gasteiger charge is 2.38. The van der Waals surface area contributed by atoms with Gasteiger partial charge >= 0.3 is 5.97 Å². The Hall–Kier alpha value is -3.18. The normalized spacial score (nSPS) is 21.2. The van der Waals surface area contributed by atoms with Crippen LogP contribution < -0.4 is 5.32 Å². The van der Waals surface area contributed by atoms with Crippen LogP contribution in [0.2, 0.25) is 0 Å². The highest BCUT2D eigenvalue weighted by atomic mass is 32.2. The van der Waals surface area contributed by atoms with Gasteiger partial charge in [0, 0.05) is 49.6 Å². The molecule has 1 aliphatic heterocycles. The van der Waals surface area contributed by atoms with Crippen LogP contribution in [0.4, 0.5) is 0 Å². The Morgan fingerprint density at radius 2 is 1.71 bits per heavy atom. The molecule has 0 unspecified atom stereocenters. The van der Waals surface area contributed by atoms with Crippen LogP contribution in [0.15, 0.2) is 66.1 Å². The Balaban J connectivity index is 1.47. The lowest BCUT2D eigenvalue weighted by molar-refractivity contribution is -0.268. The minimum absolute atomic E-state index is 0.0115. The molecule has 1 saturated heterocycles. The van der Waals surface area contributed by atoms with E-state index in [-0.39, 0.29) is 43.5 Å². The third-order valence-corrected chi connectivity index (χ3v) is 7.73. The van der Waals surface area contributed by atoms with Crippen molar-refractivity contribution in [1.82, 2.24) is 14.9 Å². The topological polar surface area (TPSA) is 123 Å². The smallest absolute Gasteiger partial charge is 0.303 e. The van der Waals surface area contributed by atoms with Crippen LogP contribution in [-0.4, -0.2) is 43.5 Å². The maximum atomic E-state index is 11.8. The Morgan fingerprint density at radius 3 is 2.34 bits per heavy atom. The molecule has 1 aromatic heterocycles. The second-order valence-corrected chi connectivity index (χ2v) is 10.4. The first-order valence-electron chi connectivity index (χ1n) is 12.5. The minimum Gasteiger partial charge on any atom is -0.481 e. The van der Waals surface area contributed by atoms with Crippen LogP contribution in [0.5, 0.6) is 0 Å². The summed E-state index contributed by atoms with van der Waals surface area (Å²) in [5, 5.41) is 21.8. The fourth-order valence-electron chi connectivity index (χ4n) is 4.26. The van der Waals surface area contributed by atoms with E-state index in [1.54, 1.807) is 18.0 Å². The lowest BCUT2D eigenvalue weighted by atomic mass is 9.91. The fraction of sp³-hybridized carbons (Fsp3) is 0.393. The second-order valence-electron chi connectivity index (χ2n) is 9.37. The van der Waals surface area contributed by atoms with Gasteiger partial charge in [-0.1, -0.05) is 67.2 Å². The van der Waals surface area contributed by atoms with E-state index < -0.39 is 12.3 Å². The highest BCUT2D eigenvalue weighted by Crippen LogP contribution is 2.42. The Kier molecular flexibility index (Phi) is 9.57. The summed E-state index contributed by atoms with van der Waals surface area (Å²) in [5.41, 5.74) is 3.62. The van der Waals surface area contributed by atoms with Gasteiger partial charge < -0.3 is 29.6 Å². The van der Waals surface area contributed by atoms with E-state index in [9.17, 15) is 14.7 Å². The van der Waals surface area contributed by atoms with E-state index in [0.29, 0.717) is 12.3 Å². The number of rotatable bonds is 11. The zero-order valence-electron chi connectivity index (χ0n) is 21.4. The summed E-state index contributed by atoms with van der Waals surface area (Å²) in [6.07, 6.45) is 2.56. The molecular formula is C28H33N3O6S. The molecule has 1 fully saturated rings. The quantitative estimate of drug-likeness (QED) is 0.313. The third kappa shape index (κ3) is 7.22. The molecule has 9 nitrogen and oxygen atoms in total. The first-order chi connectivity index (χ1) is 18.3. The van der Waals surface area contributed by atoms with E-state index in [1.807, 2.05) is 66.3 Å². The molecule has 202 valence electrons. The summed E-state index contributed by atoms with van der Waals surface area (Å²) >= 11 is 1.64. The fourth-order valence-corrected chi connectivity index (χ4v) is 5.36. The summed E-state index contributed by atoms with van der Waals surface area (Å²) in [4.78, 5) is 26.9. The number of ether oxygens (including phenoxy) is 2. The number of nitrogens with zero attached hydrogens (tertiary/aromatic N) is 2. The van der Waals surface area contributed by atoms with Crippen LogP contribution in [0.3, 0.4) is 0 Å². The minimum atomic E-state index is -0.995. The van der Waals surface area contributed by atoms with Gasteiger partial charge in [-0.05, 0) is 16.7 Å². The molecule has 4 rings (SSSR count). The zero-order valence-corrected chi connectivity index (χ0v) is 22.3. The number of thioether (sulfide) groups is 1. The lowest BCUT2D eigenvalue weighted by Crippen LogP contribution is -2.38. The zero-order chi connectivity index (χ0) is 27.1. The van der Waals surface area contributed by atoms with Gasteiger partial charge in [0.1, 0.15) is 0 Å². The van der Waals surface area contributed by atoms with E-state index in [2.05, 4.69) is 17.2 Å². The molecule has 0 saturated carbocycles. The summed E-state index contributed by atoms with van der Waals surface area (Å²) in [7, 11) is 1.97. The molecule has 38 heavy (non-hydrogen) atoms. The number of aliphatic hydroxyl groups is 1. The van der Waals surface area contributed by atoms with Gasteiger partial charge in [-0.25, -0.2) is 4.98 Å². The van der Waals surface area contributed by atoms with Crippen molar-refractivity contribution in [2.75, 3.05) is 5.75 Å². The number of carbonyl (C=O) groups is 2. The van der Waals surface area contributed by atoms with E-state index in [1.165, 1.54) is 0 Å². The molecule has 3 aromatic rings. The number of aromatic nitrogens is 2. The number of aliphatic hydroxyl groups excluding tert-OH is 1. The molecule has 4 atom stereocenters. The predicted octanol–water partition coefficient (Wildman–Crippen LogP) is 3.98.